The number of benzene rings is 1. The van der Waals surface area contributed by atoms with Crippen molar-refractivity contribution in [3.05, 3.63) is 35.4 Å². The fourth-order valence-corrected chi connectivity index (χ4v) is 3.21. The van der Waals surface area contributed by atoms with E-state index in [1.165, 1.54) is 30.5 Å². The predicted octanol–water partition coefficient (Wildman–Crippen LogP) is 2.54. The van der Waals surface area contributed by atoms with Crippen LogP contribution in [0.3, 0.4) is 0 Å². The molecule has 0 spiro atoms. The van der Waals surface area contributed by atoms with Crippen molar-refractivity contribution in [3.63, 3.8) is 0 Å². The fraction of sp³-hybridized carbons (Fsp3) is 0.588. The molecule has 1 aromatic carbocycles. The Labute approximate surface area is 127 Å². The number of piperazine rings is 1. The first-order valence-electron chi connectivity index (χ1n) is 8.11. The van der Waals surface area contributed by atoms with Gasteiger partial charge in [0.1, 0.15) is 0 Å². The molecule has 1 fully saturated rings. The molecule has 0 N–H and O–H groups in total. The molecule has 114 valence electrons. The van der Waals surface area contributed by atoms with Crippen LogP contribution in [0.15, 0.2) is 24.3 Å². The van der Waals surface area contributed by atoms with Crippen LogP contribution in [0.2, 0.25) is 0 Å². The molecular formula is C17H25N3O. The van der Waals surface area contributed by atoms with E-state index in [4.69, 9.17) is 0 Å². The van der Waals surface area contributed by atoms with Gasteiger partial charge in [-0.2, -0.15) is 0 Å². The van der Waals surface area contributed by atoms with Crippen LogP contribution in [0, 0.1) is 0 Å². The van der Waals surface area contributed by atoms with E-state index >= 15 is 0 Å². The molecule has 2 heterocycles. The van der Waals surface area contributed by atoms with Gasteiger partial charge in [0.05, 0.1) is 0 Å². The number of unbranched alkanes of at least 4 members (excludes halogenated alkanes) is 1. The third-order valence-electron chi connectivity index (χ3n) is 4.58. The summed E-state index contributed by atoms with van der Waals surface area (Å²) in [6.07, 6.45) is 2.50. The van der Waals surface area contributed by atoms with Crippen LogP contribution < -0.4 is 0 Å². The maximum atomic E-state index is 12.6. The molecule has 0 unspecified atom stereocenters. The Balaban J connectivity index is 1.52. The highest BCUT2D eigenvalue weighted by Gasteiger charge is 2.28. The minimum Gasteiger partial charge on any atom is -0.322 e. The molecule has 4 nitrogen and oxygen atoms in total. The molecule has 0 aliphatic carbocycles. The summed E-state index contributed by atoms with van der Waals surface area (Å²) in [5.74, 6) is 0. The Morgan fingerprint density at radius 3 is 2.19 bits per heavy atom. The van der Waals surface area contributed by atoms with Crippen molar-refractivity contribution in [1.82, 2.24) is 14.7 Å². The number of rotatable bonds is 3. The Bertz CT molecular complexity index is 470. The number of nitrogens with zero attached hydrogens (tertiary/aromatic N) is 3. The molecule has 1 saturated heterocycles. The van der Waals surface area contributed by atoms with E-state index in [1.54, 1.807) is 0 Å². The highest BCUT2D eigenvalue weighted by Crippen LogP contribution is 2.23. The molecule has 2 amide bonds. The van der Waals surface area contributed by atoms with Gasteiger partial charge in [0.25, 0.3) is 0 Å². The topological polar surface area (TPSA) is 26.8 Å². The zero-order chi connectivity index (χ0) is 14.7. The fourth-order valence-electron chi connectivity index (χ4n) is 3.21. The van der Waals surface area contributed by atoms with Crippen LogP contribution in [0.25, 0.3) is 0 Å². The number of fused-ring (bicyclic) bond motifs is 1. The number of hydrogen-bond acceptors (Lipinski definition) is 2. The first-order chi connectivity index (χ1) is 10.3. The Morgan fingerprint density at radius 1 is 1.00 bits per heavy atom. The molecule has 0 saturated carbocycles. The van der Waals surface area contributed by atoms with Crippen LogP contribution in [-0.4, -0.2) is 53.5 Å². The molecular weight excluding hydrogens is 262 g/mol. The smallest absolute Gasteiger partial charge is 0.320 e. The van der Waals surface area contributed by atoms with Gasteiger partial charge in [-0.25, -0.2) is 4.79 Å². The highest BCUT2D eigenvalue weighted by atomic mass is 16.2. The van der Waals surface area contributed by atoms with E-state index in [2.05, 4.69) is 36.1 Å². The number of carbonyl (C=O) groups excluding carboxylic acids is 1. The quantitative estimate of drug-likeness (QED) is 0.854. The molecule has 21 heavy (non-hydrogen) atoms. The van der Waals surface area contributed by atoms with Crippen molar-refractivity contribution in [2.24, 2.45) is 0 Å². The molecule has 0 radical (unpaired) electrons. The largest absolute Gasteiger partial charge is 0.322 e. The zero-order valence-electron chi connectivity index (χ0n) is 12.9. The van der Waals surface area contributed by atoms with Crippen LogP contribution in [0.4, 0.5) is 4.79 Å². The summed E-state index contributed by atoms with van der Waals surface area (Å²) in [4.78, 5) is 19.1. The Hall–Kier alpha value is -1.55. The van der Waals surface area contributed by atoms with Crippen molar-refractivity contribution in [2.45, 2.75) is 32.9 Å². The average Bonchev–Trinajstić information content (AvgIpc) is 2.96. The van der Waals surface area contributed by atoms with E-state index in [-0.39, 0.29) is 6.03 Å². The normalized spacial score (nSPS) is 18.9. The van der Waals surface area contributed by atoms with Gasteiger partial charge in [0, 0.05) is 39.3 Å². The van der Waals surface area contributed by atoms with Crippen LogP contribution in [-0.2, 0) is 13.1 Å². The first kappa shape index (κ1) is 14.4. The first-order valence-corrected chi connectivity index (χ1v) is 8.11. The van der Waals surface area contributed by atoms with Gasteiger partial charge < -0.3 is 9.80 Å². The molecule has 0 aromatic heterocycles. The molecule has 3 rings (SSSR count). The number of carbonyl (C=O) groups is 1. The molecule has 0 atom stereocenters. The number of urea groups is 1. The average molecular weight is 287 g/mol. The van der Waals surface area contributed by atoms with Crippen LogP contribution in [0.5, 0.6) is 0 Å². The summed E-state index contributed by atoms with van der Waals surface area (Å²) >= 11 is 0. The van der Waals surface area contributed by atoms with Crippen LogP contribution >= 0.6 is 0 Å². The van der Waals surface area contributed by atoms with Gasteiger partial charge >= 0.3 is 6.03 Å². The second-order valence-electron chi connectivity index (χ2n) is 6.09. The van der Waals surface area contributed by atoms with Gasteiger partial charge in [-0.05, 0) is 24.1 Å². The van der Waals surface area contributed by atoms with Crippen molar-refractivity contribution >= 4 is 6.03 Å². The number of amides is 2. The van der Waals surface area contributed by atoms with E-state index in [0.717, 1.165) is 39.3 Å². The summed E-state index contributed by atoms with van der Waals surface area (Å²) in [5, 5.41) is 0. The zero-order valence-corrected chi connectivity index (χ0v) is 12.9. The Kier molecular flexibility index (Phi) is 4.44. The van der Waals surface area contributed by atoms with Gasteiger partial charge in [-0.1, -0.05) is 37.6 Å². The van der Waals surface area contributed by atoms with Crippen molar-refractivity contribution in [1.29, 1.82) is 0 Å². The summed E-state index contributed by atoms with van der Waals surface area (Å²) in [6, 6.07) is 8.58. The molecule has 2 aliphatic heterocycles. The summed E-state index contributed by atoms with van der Waals surface area (Å²) in [7, 11) is 0. The molecule has 1 aromatic rings. The minimum absolute atomic E-state index is 0.210. The third-order valence-corrected chi connectivity index (χ3v) is 4.58. The molecule has 0 bridgehead atoms. The maximum Gasteiger partial charge on any atom is 0.320 e. The predicted molar refractivity (Wildman–Crippen MR) is 84.0 cm³/mol. The lowest BCUT2D eigenvalue weighted by Gasteiger charge is -2.36. The standard InChI is InChI=1S/C17H25N3O/c1-2-3-8-18-9-11-19(12-10-18)17(21)20-13-15-6-4-5-7-16(15)14-20/h4-7H,2-3,8-14H2,1H3. The second-order valence-corrected chi connectivity index (χ2v) is 6.09. The summed E-state index contributed by atoms with van der Waals surface area (Å²) < 4.78 is 0. The lowest BCUT2D eigenvalue weighted by molar-refractivity contribution is 0.111. The SMILES string of the molecule is CCCCN1CCN(C(=O)N2Cc3ccccc3C2)CC1. The van der Waals surface area contributed by atoms with Gasteiger partial charge in [0.15, 0.2) is 0 Å². The van der Waals surface area contributed by atoms with Crippen LogP contribution in [0.1, 0.15) is 30.9 Å². The van der Waals surface area contributed by atoms with Crippen molar-refractivity contribution in [3.8, 4) is 0 Å². The van der Waals surface area contributed by atoms with Gasteiger partial charge in [0.2, 0.25) is 0 Å². The molecule has 2 aliphatic rings. The third kappa shape index (κ3) is 3.21. The van der Waals surface area contributed by atoms with Crippen molar-refractivity contribution < 1.29 is 4.79 Å². The summed E-state index contributed by atoms with van der Waals surface area (Å²) in [6.45, 7) is 8.72. The van der Waals surface area contributed by atoms with Crippen molar-refractivity contribution in [2.75, 3.05) is 32.7 Å². The molecule has 4 heteroatoms. The minimum atomic E-state index is 0.210. The van der Waals surface area contributed by atoms with E-state index in [9.17, 15) is 4.79 Å². The lowest BCUT2D eigenvalue weighted by atomic mass is 10.1. The van der Waals surface area contributed by atoms with Gasteiger partial charge in [-0.15, -0.1) is 0 Å². The Morgan fingerprint density at radius 2 is 1.62 bits per heavy atom. The second kappa shape index (κ2) is 6.48. The van der Waals surface area contributed by atoms with Gasteiger partial charge in [-0.3, -0.25) is 4.90 Å². The number of hydrogen-bond donors (Lipinski definition) is 0. The maximum absolute atomic E-state index is 12.6. The highest BCUT2D eigenvalue weighted by molar-refractivity contribution is 5.75. The van der Waals surface area contributed by atoms with E-state index in [1.807, 2.05) is 9.80 Å². The van der Waals surface area contributed by atoms with E-state index in [0.29, 0.717) is 0 Å². The monoisotopic (exact) mass is 287 g/mol. The summed E-state index contributed by atoms with van der Waals surface area (Å²) in [5.41, 5.74) is 2.60. The van der Waals surface area contributed by atoms with E-state index < -0.39 is 0 Å². The lowest BCUT2D eigenvalue weighted by Crippen LogP contribution is -2.51.